The fourth-order valence-corrected chi connectivity index (χ4v) is 2.81. The maximum absolute atomic E-state index is 12.6. The lowest BCUT2D eigenvalue weighted by molar-refractivity contribution is -0.143. The van der Waals surface area contributed by atoms with Crippen LogP contribution in [0.2, 0.25) is 0 Å². The predicted molar refractivity (Wildman–Crippen MR) is 109 cm³/mol. The number of nitrogens with zero attached hydrogens (tertiary/aromatic N) is 3. The molecule has 0 saturated carbocycles. The fraction of sp³-hybridized carbons (Fsp3) is 0.474. The monoisotopic (exact) mass is 434 g/mol. The van der Waals surface area contributed by atoms with E-state index in [1.54, 1.807) is 29.2 Å². The summed E-state index contributed by atoms with van der Waals surface area (Å²) in [4.78, 5) is 52.2. The summed E-state index contributed by atoms with van der Waals surface area (Å²) >= 11 is 0. The number of hydrogen-bond donors (Lipinski definition) is 3. The lowest BCUT2D eigenvalue weighted by Crippen LogP contribution is -2.46. The number of hydrogen-bond acceptors (Lipinski definition) is 8. The Bertz CT molecular complexity index is 813. The number of primary amides is 1. The smallest absolute Gasteiger partial charge is 0.432 e. The fourth-order valence-electron chi connectivity index (χ4n) is 2.81. The topological polar surface area (TPSA) is 165 Å². The minimum atomic E-state index is -1.04. The lowest BCUT2D eigenvalue weighted by Gasteiger charge is -2.17. The number of rotatable bonds is 10. The van der Waals surface area contributed by atoms with Crippen molar-refractivity contribution in [3.05, 3.63) is 29.8 Å². The van der Waals surface area contributed by atoms with Crippen LogP contribution >= 0.6 is 0 Å². The number of nitrogens with two attached hydrogens (primary N) is 1. The van der Waals surface area contributed by atoms with Gasteiger partial charge in [0.2, 0.25) is 5.91 Å². The van der Waals surface area contributed by atoms with Crippen molar-refractivity contribution in [2.75, 3.05) is 24.6 Å². The maximum atomic E-state index is 12.6. The van der Waals surface area contributed by atoms with Gasteiger partial charge in [0.25, 0.3) is 0 Å². The van der Waals surface area contributed by atoms with Crippen LogP contribution in [-0.2, 0) is 25.7 Å². The molecule has 1 atom stereocenters. The molecule has 0 aliphatic carbocycles. The van der Waals surface area contributed by atoms with Crippen molar-refractivity contribution in [1.82, 2.24) is 10.6 Å². The first-order chi connectivity index (χ1) is 14.9. The second kappa shape index (κ2) is 12.1. The van der Waals surface area contributed by atoms with Gasteiger partial charge in [0, 0.05) is 24.1 Å². The third-order valence-corrected chi connectivity index (χ3v) is 4.28. The van der Waals surface area contributed by atoms with Crippen molar-refractivity contribution < 1.29 is 28.8 Å². The zero-order valence-corrected chi connectivity index (χ0v) is 17.2. The van der Waals surface area contributed by atoms with Crippen molar-refractivity contribution in [1.29, 1.82) is 0 Å². The molecule has 1 aromatic rings. The van der Waals surface area contributed by atoms with E-state index in [-0.39, 0.29) is 31.4 Å². The molecule has 31 heavy (non-hydrogen) atoms. The molecule has 12 heteroatoms. The zero-order valence-electron chi connectivity index (χ0n) is 17.2. The summed E-state index contributed by atoms with van der Waals surface area (Å²) in [7, 11) is 0. The van der Waals surface area contributed by atoms with Crippen LogP contribution in [-0.4, -0.2) is 49.7 Å². The first-order valence-corrected chi connectivity index (χ1v) is 9.84. The van der Waals surface area contributed by atoms with Crippen LogP contribution in [0.15, 0.2) is 34.7 Å². The molecule has 1 aliphatic rings. The van der Waals surface area contributed by atoms with Gasteiger partial charge >= 0.3 is 18.1 Å². The highest BCUT2D eigenvalue weighted by Crippen LogP contribution is 2.22. The van der Waals surface area contributed by atoms with Gasteiger partial charge in [-0.2, -0.15) is 0 Å². The molecule has 168 valence electrons. The average molecular weight is 434 g/mol. The van der Waals surface area contributed by atoms with Crippen molar-refractivity contribution in [2.24, 2.45) is 16.1 Å². The first-order valence-electron chi connectivity index (χ1n) is 9.84. The van der Waals surface area contributed by atoms with E-state index in [0.717, 1.165) is 12.0 Å². The third-order valence-electron chi connectivity index (χ3n) is 4.28. The first kappa shape index (κ1) is 23.6. The Morgan fingerprint density at radius 2 is 2.00 bits per heavy atom. The molecular formula is C19H26N6O6. The van der Waals surface area contributed by atoms with Gasteiger partial charge < -0.3 is 26.0 Å². The Kier molecular flexibility index (Phi) is 9.20. The summed E-state index contributed by atoms with van der Waals surface area (Å²) in [6.07, 6.45) is 0.224. The van der Waals surface area contributed by atoms with Gasteiger partial charge in [-0.1, -0.05) is 19.1 Å². The van der Waals surface area contributed by atoms with Gasteiger partial charge in [0.1, 0.15) is 6.04 Å². The van der Waals surface area contributed by atoms with E-state index in [1.165, 1.54) is 0 Å². The number of urea groups is 1. The van der Waals surface area contributed by atoms with Crippen molar-refractivity contribution in [3.63, 3.8) is 0 Å². The molecule has 12 nitrogen and oxygen atoms in total. The predicted octanol–water partition coefficient (Wildman–Crippen LogP) is 1.40. The van der Waals surface area contributed by atoms with Crippen LogP contribution in [0.5, 0.6) is 0 Å². The summed E-state index contributed by atoms with van der Waals surface area (Å²) in [6, 6.07) is 5.87. The Morgan fingerprint density at radius 3 is 2.68 bits per heavy atom. The van der Waals surface area contributed by atoms with Crippen LogP contribution in [0.25, 0.3) is 0 Å². The van der Waals surface area contributed by atoms with Crippen LogP contribution in [0, 0.1) is 0 Å². The summed E-state index contributed by atoms with van der Waals surface area (Å²) in [5.41, 5.74) is 6.24. The third kappa shape index (κ3) is 7.91. The van der Waals surface area contributed by atoms with Gasteiger partial charge in [-0.15, -0.1) is 5.11 Å². The number of ether oxygens (including phenoxy) is 1. The van der Waals surface area contributed by atoms with Crippen LogP contribution < -0.4 is 21.3 Å². The molecule has 1 heterocycles. The average Bonchev–Trinajstić information content (AvgIpc) is 3.10. The largest absolute Gasteiger partial charge is 0.466 e. The normalized spacial score (nSPS) is 15.7. The standard InChI is InChI=1S/C19H26N6O6/c1-2-11-30-16(26)7-9-21-19(29)23-15-8-10-25(17(15)27)14-5-3-13(4-6-14)12-22-24-31-18(20)28/h3-6,15H,2,7-12H2,1H3,(H2,20,28)(H2,21,23,29)/t15-/m0/s1. The Labute approximate surface area is 179 Å². The minimum absolute atomic E-state index is 0.0682. The van der Waals surface area contributed by atoms with Crippen molar-refractivity contribution >= 4 is 29.7 Å². The van der Waals surface area contributed by atoms with Crippen LogP contribution in [0.1, 0.15) is 31.7 Å². The number of carbonyl (C=O) groups is 4. The Morgan fingerprint density at radius 1 is 1.26 bits per heavy atom. The second-order valence-corrected chi connectivity index (χ2v) is 6.66. The van der Waals surface area contributed by atoms with Crippen molar-refractivity contribution in [3.8, 4) is 0 Å². The quantitative estimate of drug-likeness (QED) is 0.286. The highest BCUT2D eigenvalue weighted by Gasteiger charge is 2.33. The number of esters is 1. The van der Waals surface area contributed by atoms with Crippen molar-refractivity contribution in [2.45, 2.75) is 38.8 Å². The van der Waals surface area contributed by atoms with E-state index >= 15 is 0 Å². The maximum Gasteiger partial charge on any atom is 0.432 e. The van der Waals surface area contributed by atoms with E-state index in [0.29, 0.717) is 25.3 Å². The second-order valence-electron chi connectivity index (χ2n) is 6.66. The molecule has 1 aliphatic heterocycles. The number of amides is 4. The van der Waals surface area contributed by atoms with Gasteiger partial charge in [-0.05, 0) is 30.5 Å². The molecule has 1 fully saturated rings. The van der Waals surface area contributed by atoms with E-state index in [9.17, 15) is 19.2 Å². The number of benzene rings is 1. The number of carbonyl (C=O) groups excluding carboxylic acids is 4. The van der Waals surface area contributed by atoms with Gasteiger partial charge in [0.05, 0.1) is 19.6 Å². The lowest BCUT2D eigenvalue weighted by atomic mass is 10.2. The van der Waals surface area contributed by atoms with E-state index in [4.69, 9.17) is 10.5 Å². The van der Waals surface area contributed by atoms with E-state index < -0.39 is 18.2 Å². The molecule has 0 bridgehead atoms. The van der Waals surface area contributed by atoms with Gasteiger partial charge in [0.15, 0.2) is 0 Å². The van der Waals surface area contributed by atoms with Crippen LogP contribution in [0.4, 0.5) is 15.3 Å². The zero-order chi connectivity index (χ0) is 22.6. The van der Waals surface area contributed by atoms with E-state index in [1.807, 2.05) is 6.92 Å². The summed E-state index contributed by atoms with van der Waals surface area (Å²) in [5.74, 6) is -0.601. The Hall–Kier alpha value is -3.70. The highest BCUT2D eigenvalue weighted by atomic mass is 16.7. The summed E-state index contributed by atoms with van der Waals surface area (Å²) < 4.78 is 4.92. The molecule has 1 saturated heterocycles. The molecule has 0 unspecified atom stereocenters. The number of nitrogens with one attached hydrogen (secondary N) is 2. The molecule has 0 radical (unpaired) electrons. The molecule has 1 aromatic carbocycles. The van der Waals surface area contributed by atoms with Gasteiger partial charge in [-0.25, -0.2) is 9.59 Å². The molecule has 0 aromatic heterocycles. The van der Waals surface area contributed by atoms with Gasteiger partial charge in [-0.3, -0.25) is 14.4 Å². The highest BCUT2D eigenvalue weighted by molar-refractivity contribution is 6.01. The molecule has 4 N–H and O–H groups in total. The summed E-state index contributed by atoms with van der Waals surface area (Å²) in [6.45, 7) is 3.01. The minimum Gasteiger partial charge on any atom is -0.466 e. The molecule has 2 rings (SSSR count). The molecule has 4 amide bonds. The van der Waals surface area contributed by atoms with Crippen LogP contribution in [0.3, 0.4) is 0 Å². The van der Waals surface area contributed by atoms with E-state index in [2.05, 4.69) is 25.9 Å². The summed E-state index contributed by atoms with van der Waals surface area (Å²) in [5, 5.41) is 12.0. The molecular weight excluding hydrogens is 408 g/mol. The SMILES string of the molecule is CCCOC(=O)CCNC(=O)N[C@H]1CCN(c2ccc(CN=NOC(N)=O)cc2)C1=O. The Balaban J connectivity index is 1.77. The molecule has 0 spiro atoms. The number of anilines is 1.